The van der Waals surface area contributed by atoms with Crippen LogP contribution in [0.4, 0.5) is 11.4 Å². The van der Waals surface area contributed by atoms with Crippen LogP contribution in [0.2, 0.25) is 0 Å². The second kappa shape index (κ2) is 11.2. The summed E-state index contributed by atoms with van der Waals surface area (Å²) in [5.74, 6) is 1.43. The molecule has 8 nitrogen and oxygen atoms in total. The zero-order chi connectivity index (χ0) is 22.1. The van der Waals surface area contributed by atoms with Crippen LogP contribution in [0, 0.1) is 0 Å². The van der Waals surface area contributed by atoms with Gasteiger partial charge in [-0.25, -0.2) is 0 Å². The molecule has 0 spiro atoms. The standard InChI is InChI=1S/C22H25N5O3S/c1-3-30-18-11-9-17(10-12-18)24-21(29)15-31-22-26-25-19(27(22)2)13-14-20(28)23-16-7-5-4-6-8-16/h4-12H,3,13-15H2,1-2H3,(H,23,28)(H,24,29). The van der Waals surface area contributed by atoms with Gasteiger partial charge in [0, 0.05) is 31.3 Å². The summed E-state index contributed by atoms with van der Waals surface area (Å²) in [6, 6.07) is 16.5. The number of anilines is 2. The number of carbonyl (C=O) groups is 2. The quantitative estimate of drug-likeness (QED) is 0.469. The first-order valence-electron chi connectivity index (χ1n) is 9.94. The lowest BCUT2D eigenvalue weighted by atomic mass is 10.2. The Kier molecular flexibility index (Phi) is 8.05. The van der Waals surface area contributed by atoms with Crippen LogP contribution in [-0.2, 0) is 23.1 Å². The first-order valence-corrected chi connectivity index (χ1v) is 10.9. The zero-order valence-corrected chi connectivity index (χ0v) is 18.3. The topological polar surface area (TPSA) is 98.1 Å². The van der Waals surface area contributed by atoms with Crippen LogP contribution in [0.5, 0.6) is 5.75 Å². The number of nitrogens with zero attached hydrogens (tertiary/aromatic N) is 3. The van der Waals surface area contributed by atoms with Gasteiger partial charge in [0.2, 0.25) is 11.8 Å². The molecular weight excluding hydrogens is 414 g/mol. The molecule has 2 N–H and O–H groups in total. The summed E-state index contributed by atoms with van der Waals surface area (Å²) in [4.78, 5) is 24.3. The fourth-order valence-electron chi connectivity index (χ4n) is 2.79. The highest BCUT2D eigenvalue weighted by molar-refractivity contribution is 7.99. The minimum absolute atomic E-state index is 0.0851. The molecule has 1 heterocycles. The number of para-hydroxylation sites is 1. The van der Waals surface area contributed by atoms with Crippen LogP contribution in [0.15, 0.2) is 59.8 Å². The molecule has 0 radical (unpaired) electrons. The molecule has 2 amide bonds. The zero-order valence-electron chi connectivity index (χ0n) is 17.5. The van der Waals surface area contributed by atoms with E-state index in [2.05, 4.69) is 20.8 Å². The lowest BCUT2D eigenvalue weighted by molar-refractivity contribution is -0.116. The minimum Gasteiger partial charge on any atom is -0.494 e. The number of amides is 2. The predicted molar refractivity (Wildman–Crippen MR) is 121 cm³/mol. The Balaban J connectivity index is 1.45. The number of carbonyl (C=O) groups excluding carboxylic acids is 2. The first kappa shape index (κ1) is 22.4. The molecule has 31 heavy (non-hydrogen) atoms. The Labute approximate surface area is 185 Å². The lowest BCUT2D eigenvalue weighted by Crippen LogP contribution is -2.15. The van der Waals surface area contributed by atoms with Gasteiger partial charge in [-0.15, -0.1) is 10.2 Å². The fraction of sp³-hybridized carbons (Fsp3) is 0.273. The molecule has 3 aromatic rings. The Hall–Kier alpha value is -3.33. The highest BCUT2D eigenvalue weighted by Crippen LogP contribution is 2.19. The molecule has 0 aliphatic rings. The number of hydrogen-bond donors (Lipinski definition) is 2. The molecule has 2 aromatic carbocycles. The lowest BCUT2D eigenvalue weighted by Gasteiger charge is -2.07. The Morgan fingerprint density at radius 1 is 0.968 bits per heavy atom. The number of hydrogen-bond acceptors (Lipinski definition) is 6. The first-order chi connectivity index (χ1) is 15.0. The van der Waals surface area contributed by atoms with E-state index >= 15 is 0 Å². The van der Waals surface area contributed by atoms with Gasteiger partial charge in [-0.1, -0.05) is 30.0 Å². The van der Waals surface area contributed by atoms with Crippen molar-refractivity contribution >= 4 is 35.0 Å². The van der Waals surface area contributed by atoms with Gasteiger partial charge in [-0.3, -0.25) is 9.59 Å². The molecule has 3 rings (SSSR count). The van der Waals surface area contributed by atoms with Crippen molar-refractivity contribution in [2.45, 2.75) is 24.9 Å². The van der Waals surface area contributed by atoms with E-state index < -0.39 is 0 Å². The molecule has 162 valence electrons. The number of ether oxygens (including phenoxy) is 1. The molecule has 1 aromatic heterocycles. The third kappa shape index (κ3) is 6.85. The van der Waals surface area contributed by atoms with Gasteiger partial charge < -0.3 is 19.9 Å². The molecule has 0 atom stereocenters. The summed E-state index contributed by atoms with van der Waals surface area (Å²) in [7, 11) is 1.83. The van der Waals surface area contributed by atoms with E-state index in [-0.39, 0.29) is 17.6 Å². The summed E-state index contributed by atoms with van der Waals surface area (Å²) in [5, 5.41) is 14.6. The van der Waals surface area contributed by atoms with E-state index in [0.717, 1.165) is 11.4 Å². The third-order valence-electron chi connectivity index (χ3n) is 4.34. The summed E-state index contributed by atoms with van der Waals surface area (Å²) < 4.78 is 7.20. The largest absolute Gasteiger partial charge is 0.494 e. The molecule has 0 fully saturated rings. The number of thioether (sulfide) groups is 1. The number of aryl methyl sites for hydroxylation is 1. The van der Waals surface area contributed by atoms with Crippen molar-refractivity contribution in [2.75, 3.05) is 23.0 Å². The van der Waals surface area contributed by atoms with Crippen molar-refractivity contribution in [3.63, 3.8) is 0 Å². The summed E-state index contributed by atoms with van der Waals surface area (Å²) in [6.45, 7) is 2.52. The number of rotatable bonds is 10. The average molecular weight is 440 g/mol. The van der Waals surface area contributed by atoms with Gasteiger partial charge in [0.1, 0.15) is 11.6 Å². The molecular formula is C22H25N5O3S. The minimum atomic E-state index is -0.138. The van der Waals surface area contributed by atoms with Gasteiger partial charge >= 0.3 is 0 Å². The predicted octanol–water partition coefficient (Wildman–Crippen LogP) is 3.52. The summed E-state index contributed by atoms with van der Waals surface area (Å²) in [6.07, 6.45) is 0.755. The van der Waals surface area contributed by atoms with Crippen molar-refractivity contribution in [1.29, 1.82) is 0 Å². The second-order valence-electron chi connectivity index (χ2n) is 6.67. The van der Waals surface area contributed by atoms with E-state index in [9.17, 15) is 9.59 Å². The van der Waals surface area contributed by atoms with E-state index in [4.69, 9.17) is 4.74 Å². The van der Waals surface area contributed by atoms with E-state index in [1.807, 2.05) is 61.0 Å². The molecule has 0 aliphatic heterocycles. The van der Waals surface area contributed by atoms with Crippen LogP contribution in [0.1, 0.15) is 19.2 Å². The second-order valence-corrected chi connectivity index (χ2v) is 7.61. The molecule has 0 saturated carbocycles. The molecule has 0 saturated heterocycles. The molecule has 0 aliphatic carbocycles. The van der Waals surface area contributed by atoms with Crippen LogP contribution in [0.3, 0.4) is 0 Å². The molecule has 9 heteroatoms. The van der Waals surface area contributed by atoms with Crippen LogP contribution >= 0.6 is 11.8 Å². The maximum Gasteiger partial charge on any atom is 0.234 e. The highest BCUT2D eigenvalue weighted by atomic mass is 32.2. The number of nitrogens with one attached hydrogen (secondary N) is 2. The van der Waals surface area contributed by atoms with Gasteiger partial charge in [0.15, 0.2) is 5.16 Å². The maximum atomic E-state index is 12.2. The average Bonchev–Trinajstić information content (AvgIpc) is 3.12. The normalized spacial score (nSPS) is 10.5. The molecule has 0 unspecified atom stereocenters. The van der Waals surface area contributed by atoms with Crippen LogP contribution in [-0.4, -0.2) is 38.9 Å². The van der Waals surface area contributed by atoms with Crippen LogP contribution < -0.4 is 15.4 Å². The van der Waals surface area contributed by atoms with E-state index in [1.54, 1.807) is 12.1 Å². The van der Waals surface area contributed by atoms with E-state index in [1.165, 1.54) is 11.8 Å². The monoisotopic (exact) mass is 439 g/mol. The highest BCUT2D eigenvalue weighted by Gasteiger charge is 2.13. The summed E-state index contributed by atoms with van der Waals surface area (Å²) in [5.41, 5.74) is 1.47. The van der Waals surface area contributed by atoms with Gasteiger partial charge in [0.05, 0.1) is 12.4 Å². The third-order valence-corrected chi connectivity index (χ3v) is 5.36. The molecule has 0 bridgehead atoms. The van der Waals surface area contributed by atoms with Crippen molar-refractivity contribution in [3.05, 3.63) is 60.4 Å². The number of aromatic nitrogens is 3. The fourth-order valence-corrected chi connectivity index (χ4v) is 3.52. The smallest absolute Gasteiger partial charge is 0.234 e. The summed E-state index contributed by atoms with van der Waals surface area (Å²) >= 11 is 1.30. The van der Waals surface area contributed by atoms with E-state index in [0.29, 0.717) is 36.1 Å². The van der Waals surface area contributed by atoms with Crippen molar-refractivity contribution in [3.8, 4) is 5.75 Å². The Morgan fingerprint density at radius 2 is 1.65 bits per heavy atom. The van der Waals surface area contributed by atoms with Gasteiger partial charge in [-0.2, -0.15) is 0 Å². The SMILES string of the molecule is CCOc1ccc(NC(=O)CSc2nnc(CCC(=O)Nc3ccccc3)n2C)cc1. The Bertz CT molecular complexity index is 1010. The van der Waals surface area contributed by atoms with Crippen molar-refractivity contribution in [2.24, 2.45) is 7.05 Å². The van der Waals surface area contributed by atoms with Gasteiger partial charge in [0.25, 0.3) is 0 Å². The van der Waals surface area contributed by atoms with Crippen molar-refractivity contribution < 1.29 is 14.3 Å². The maximum absolute atomic E-state index is 12.2. The van der Waals surface area contributed by atoms with Crippen LogP contribution in [0.25, 0.3) is 0 Å². The number of benzene rings is 2. The van der Waals surface area contributed by atoms with Gasteiger partial charge in [-0.05, 0) is 43.3 Å². The Morgan fingerprint density at radius 3 is 2.35 bits per heavy atom. The van der Waals surface area contributed by atoms with Crippen molar-refractivity contribution in [1.82, 2.24) is 14.8 Å².